The molecule has 25 heavy (non-hydrogen) atoms. The first-order valence-electron chi connectivity index (χ1n) is 8.47. The van der Waals surface area contributed by atoms with Gasteiger partial charge in [0.25, 0.3) is 0 Å². The molecule has 0 saturated carbocycles. The molecule has 3 aromatic heterocycles. The molecule has 1 aliphatic rings. The molecule has 0 bridgehead atoms. The molecule has 0 aromatic carbocycles. The highest BCUT2D eigenvalue weighted by Crippen LogP contribution is 2.31. The van der Waals surface area contributed by atoms with Gasteiger partial charge in [0.2, 0.25) is 0 Å². The lowest BCUT2D eigenvalue weighted by Gasteiger charge is -2.34. The number of rotatable bonds is 4. The van der Waals surface area contributed by atoms with Gasteiger partial charge < -0.3 is 10.2 Å². The summed E-state index contributed by atoms with van der Waals surface area (Å²) < 4.78 is 0. The van der Waals surface area contributed by atoms with Crippen molar-refractivity contribution in [1.29, 1.82) is 0 Å². The molecule has 1 fully saturated rings. The fourth-order valence-corrected chi connectivity index (χ4v) is 4.24. The Labute approximate surface area is 148 Å². The number of piperidine rings is 1. The fourth-order valence-electron chi connectivity index (χ4n) is 3.39. The maximum atomic E-state index is 11.2. The molecular weight excluding hydrogens is 338 g/mol. The van der Waals surface area contributed by atoms with Gasteiger partial charge >= 0.3 is 5.69 Å². The molecule has 1 saturated heterocycles. The van der Waals surface area contributed by atoms with Gasteiger partial charge in [0.15, 0.2) is 0 Å². The number of fused-ring (bicyclic) bond motifs is 1. The van der Waals surface area contributed by atoms with E-state index in [1.807, 2.05) is 6.92 Å². The lowest BCUT2D eigenvalue weighted by Crippen LogP contribution is -2.43. The van der Waals surface area contributed by atoms with Crippen LogP contribution >= 0.6 is 11.3 Å². The lowest BCUT2D eigenvalue weighted by molar-refractivity contribution is 0.373. The van der Waals surface area contributed by atoms with Crippen LogP contribution in [0.5, 0.6) is 0 Å². The van der Waals surface area contributed by atoms with Gasteiger partial charge in [-0.1, -0.05) is 0 Å². The van der Waals surface area contributed by atoms with Crippen molar-refractivity contribution in [3.63, 3.8) is 0 Å². The maximum Gasteiger partial charge on any atom is 0.340 e. The first-order chi connectivity index (χ1) is 12.1. The molecule has 0 spiro atoms. The molecule has 1 aliphatic heterocycles. The van der Waals surface area contributed by atoms with E-state index in [0.29, 0.717) is 11.9 Å². The standard InChI is InChI=1S/C16H21N7OS/c1-9-7-12-14(17-8-18-15(12)25-9)23-5-3-11(4-6-23)19-10(2)13-20-16(24)22-21-13/h7-8,10-11,19H,3-6H2,1-2H3,(H2,20,21,22,24)/t10-/m1/s1. The van der Waals surface area contributed by atoms with Gasteiger partial charge in [-0.2, -0.15) is 5.10 Å². The van der Waals surface area contributed by atoms with Crippen LogP contribution in [0.1, 0.15) is 36.5 Å². The monoisotopic (exact) mass is 359 g/mol. The Kier molecular flexibility index (Phi) is 4.26. The van der Waals surface area contributed by atoms with Crippen LogP contribution in [0.25, 0.3) is 10.2 Å². The highest BCUT2D eigenvalue weighted by Gasteiger charge is 2.24. The first kappa shape index (κ1) is 16.2. The van der Waals surface area contributed by atoms with Crippen LogP contribution in [0.15, 0.2) is 17.2 Å². The molecule has 0 amide bonds. The highest BCUT2D eigenvalue weighted by molar-refractivity contribution is 7.18. The van der Waals surface area contributed by atoms with E-state index in [1.54, 1.807) is 17.7 Å². The van der Waals surface area contributed by atoms with Crippen LogP contribution < -0.4 is 15.9 Å². The van der Waals surface area contributed by atoms with Crippen LogP contribution in [-0.2, 0) is 0 Å². The van der Waals surface area contributed by atoms with E-state index in [2.05, 4.69) is 48.4 Å². The Morgan fingerprint density at radius 2 is 2.16 bits per heavy atom. The summed E-state index contributed by atoms with van der Waals surface area (Å²) in [5, 5.41) is 11.1. The minimum Gasteiger partial charge on any atom is -0.356 e. The Morgan fingerprint density at radius 1 is 1.36 bits per heavy atom. The lowest BCUT2D eigenvalue weighted by atomic mass is 10.0. The fraction of sp³-hybridized carbons (Fsp3) is 0.500. The summed E-state index contributed by atoms with van der Waals surface area (Å²) in [4.78, 5) is 27.4. The number of aryl methyl sites for hydroxylation is 1. The van der Waals surface area contributed by atoms with Crippen molar-refractivity contribution in [1.82, 2.24) is 30.5 Å². The number of nitrogens with one attached hydrogen (secondary N) is 3. The van der Waals surface area contributed by atoms with Crippen LogP contribution in [0.2, 0.25) is 0 Å². The second-order valence-electron chi connectivity index (χ2n) is 6.49. The molecule has 0 aliphatic carbocycles. The largest absolute Gasteiger partial charge is 0.356 e. The van der Waals surface area contributed by atoms with E-state index in [4.69, 9.17) is 0 Å². The van der Waals surface area contributed by atoms with Gasteiger partial charge in [0.05, 0.1) is 11.4 Å². The van der Waals surface area contributed by atoms with Gasteiger partial charge in [-0.3, -0.25) is 4.98 Å². The minimum absolute atomic E-state index is 0.0146. The summed E-state index contributed by atoms with van der Waals surface area (Å²) in [6.07, 6.45) is 3.70. The first-order valence-corrected chi connectivity index (χ1v) is 9.28. The highest BCUT2D eigenvalue weighted by atomic mass is 32.1. The zero-order valence-corrected chi connectivity index (χ0v) is 15.1. The van der Waals surface area contributed by atoms with Crippen LogP contribution in [0, 0.1) is 6.92 Å². The molecule has 3 aromatic rings. The number of H-pyrrole nitrogens is 2. The molecule has 1 atom stereocenters. The van der Waals surface area contributed by atoms with E-state index in [0.717, 1.165) is 42.0 Å². The van der Waals surface area contributed by atoms with E-state index >= 15 is 0 Å². The molecule has 0 radical (unpaired) electrons. The van der Waals surface area contributed by atoms with Gasteiger partial charge in [-0.15, -0.1) is 11.3 Å². The predicted molar refractivity (Wildman–Crippen MR) is 98.1 cm³/mol. The van der Waals surface area contributed by atoms with Crippen LogP contribution in [0.4, 0.5) is 5.82 Å². The molecule has 132 valence electrons. The molecule has 9 heteroatoms. The molecule has 4 rings (SSSR count). The molecule has 3 N–H and O–H groups in total. The van der Waals surface area contributed by atoms with Crippen molar-refractivity contribution >= 4 is 27.4 Å². The van der Waals surface area contributed by atoms with Crippen LogP contribution in [0.3, 0.4) is 0 Å². The van der Waals surface area contributed by atoms with Gasteiger partial charge in [0, 0.05) is 24.0 Å². The summed E-state index contributed by atoms with van der Waals surface area (Å²) in [7, 11) is 0. The normalized spacial score (nSPS) is 17.3. The van der Waals surface area contributed by atoms with Crippen molar-refractivity contribution in [2.45, 2.75) is 38.8 Å². The Balaban J connectivity index is 1.41. The van der Waals surface area contributed by atoms with Crippen molar-refractivity contribution in [2.75, 3.05) is 18.0 Å². The Hall–Kier alpha value is -2.26. The van der Waals surface area contributed by atoms with Crippen molar-refractivity contribution in [2.24, 2.45) is 0 Å². The van der Waals surface area contributed by atoms with Gasteiger partial charge in [-0.25, -0.2) is 19.9 Å². The van der Waals surface area contributed by atoms with Gasteiger partial charge in [0.1, 0.15) is 22.8 Å². The molecule has 4 heterocycles. The third-order valence-corrected chi connectivity index (χ3v) is 5.60. The second-order valence-corrected chi connectivity index (χ2v) is 7.72. The maximum absolute atomic E-state index is 11.2. The summed E-state index contributed by atoms with van der Waals surface area (Å²) in [5.41, 5.74) is -0.266. The van der Waals surface area contributed by atoms with E-state index in [1.165, 1.54) is 4.88 Å². The molecular formula is C16H21N7OS. The van der Waals surface area contributed by atoms with Gasteiger partial charge in [-0.05, 0) is 32.8 Å². The summed E-state index contributed by atoms with van der Waals surface area (Å²) >= 11 is 1.71. The summed E-state index contributed by atoms with van der Waals surface area (Å²) in [6.45, 7) is 6.01. The van der Waals surface area contributed by atoms with Crippen molar-refractivity contribution in [3.8, 4) is 0 Å². The number of hydrogen-bond donors (Lipinski definition) is 3. The number of hydrogen-bond acceptors (Lipinski definition) is 7. The number of thiophene rings is 1. The predicted octanol–water partition coefficient (Wildman–Crippen LogP) is 1.73. The average Bonchev–Trinajstić information content (AvgIpc) is 3.20. The zero-order chi connectivity index (χ0) is 17.4. The molecule has 0 unspecified atom stereocenters. The van der Waals surface area contributed by atoms with Crippen molar-refractivity contribution in [3.05, 3.63) is 33.6 Å². The summed E-state index contributed by atoms with van der Waals surface area (Å²) in [5.74, 6) is 1.69. The number of anilines is 1. The number of aromatic amines is 2. The zero-order valence-electron chi connectivity index (χ0n) is 14.2. The Morgan fingerprint density at radius 3 is 2.88 bits per heavy atom. The Bertz CT molecular complexity index is 922. The van der Waals surface area contributed by atoms with E-state index in [-0.39, 0.29) is 11.7 Å². The number of nitrogens with zero attached hydrogens (tertiary/aromatic N) is 4. The number of aromatic nitrogens is 5. The van der Waals surface area contributed by atoms with E-state index < -0.39 is 0 Å². The topological polar surface area (TPSA) is 103 Å². The second kappa shape index (κ2) is 6.57. The SMILES string of the molecule is Cc1cc2c(N3CCC(N[C@H](C)c4n[nH]c(=O)[nH]4)CC3)ncnc2s1. The molecule has 8 nitrogen and oxygen atoms in total. The van der Waals surface area contributed by atoms with Crippen LogP contribution in [-0.4, -0.2) is 44.3 Å². The smallest absolute Gasteiger partial charge is 0.340 e. The average molecular weight is 359 g/mol. The quantitative estimate of drug-likeness (QED) is 0.656. The third kappa shape index (κ3) is 3.29. The summed E-state index contributed by atoms with van der Waals surface area (Å²) in [6, 6.07) is 2.59. The third-order valence-electron chi connectivity index (χ3n) is 4.64. The van der Waals surface area contributed by atoms with Crippen molar-refractivity contribution < 1.29 is 0 Å². The minimum atomic E-state index is -0.266. The van der Waals surface area contributed by atoms with E-state index in [9.17, 15) is 4.79 Å².